The van der Waals surface area contributed by atoms with Crippen LogP contribution in [0.1, 0.15) is 66.2 Å². The molecule has 4 atom stereocenters. The third-order valence-electron chi connectivity index (χ3n) is 7.46. The molecule has 0 heterocycles. The topological polar surface area (TPSA) is 0 Å². The van der Waals surface area contributed by atoms with Crippen LogP contribution >= 0.6 is 11.8 Å². The van der Waals surface area contributed by atoms with Crippen LogP contribution < -0.4 is 0 Å². The lowest BCUT2D eigenvalue weighted by Crippen LogP contribution is -2.50. The van der Waals surface area contributed by atoms with E-state index in [1.807, 2.05) is 11.8 Å². The lowest BCUT2D eigenvalue weighted by atomic mass is 9.47. The Balaban J connectivity index is 1.99. The van der Waals surface area contributed by atoms with Crippen molar-refractivity contribution >= 4 is 11.8 Å². The Labute approximate surface area is 147 Å². The predicted molar refractivity (Wildman–Crippen MR) is 105 cm³/mol. The maximum atomic E-state index is 4.46. The number of hydrogen-bond acceptors (Lipinski definition) is 1. The summed E-state index contributed by atoms with van der Waals surface area (Å²) in [6.07, 6.45) is 15.4. The van der Waals surface area contributed by atoms with E-state index in [1.165, 1.54) is 43.4 Å². The molecule has 0 radical (unpaired) electrons. The Morgan fingerprint density at radius 2 is 2.04 bits per heavy atom. The van der Waals surface area contributed by atoms with Crippen molar-refractivity contribution in [3.05, 3.63) is 34.8 Å². The molecule has 23 heavy (non-hydrogen) atoms. The van der Waals surface area contributed by atoms with Gasteiger partial charge in [-0.15, -0.1) is 11.8 Å². The second-order valence-corrected chi connectivity index (χ2v) is 9.76. The number of hydrogen-bond donors (Lipinski definition) is 0. The fourth-order valence-electron chi connectivity index (χ4n) is 5.91. The Bertz CT molecular complexity index is 552. The van der Waals surface area contributed by atoms with Crippen molar-refractivity contribution < 1.29 is 0 Å². The SMILES string of the molecule is C=C(SC)C1(C)CCCC2(C)C3CCC(C(C)C)=CC3=CCC12. The molecule has 0 aliphatic heterocycles. The number of thioether (sulfide) groups is 1. The molecule has 0 aromatic carbocycles. The smallest absolute Gasteiger partial charge is 0.00151 e. The molecule has 4 unspecified atom stereocenters. The second-order valence-electron chi connectivity index (χ2n) is 8.86. The highest BCUT2D eigenvalue weighted by atomic mass is 32.2. The lowest BCUT2D eigenvalue weighted by molar-refractivity contribution is -0.0258. The predicted octanol–water partition coefficient (Wildman–Crippen LogP) is 7.00. The highest BCUT2D eigenvalue weighted by molar-refractivity contribution is 8.02. The summed E-state index contributed by atoms with van der Waals surface area (Å²) in [4.78, 5) is 1.42. The van der Waals surface area contributed by atoms with E-state index in [2.05, 4.69) is 52.7 Å². The van der Waals surface area contributed by atoms with Crippen molar-refractivity contribution in [2.24, 2.45) is 28.6 Å². The van der Waals surface area contributed by atoms with Crippen LogP contribution in [0.25, 0.3) is 0 Å². The van der Waals surface area contributed by atoms with Crippen molar-refractivity contribution in [1.82, 2.24) is 0 Å². The minimum absolute atomic E-state index is 0.316. The van der Waals surface area contributed by atoms with Crippen LogP contribution in [0.3, 0.4) is 0 Å². The van der Waals surface area contributed by atoms with E-state index in [1.54, 1.807) is 11.1 Å². The zero-order valence-electron chi connectivity index (χ0n) is 15.7. The zero-order valence-corrected chi connectivity index (χ0v) is 16.6. The van der Waals surface area contributed by atoms with Gasteiger partial charge in [-0.3, -0.25) is 0 Å². The molecule has 0 amide bonds. The van der Waals surface area contributed by atoms with Crippen LogP contribution in [0.4, 0.5) is 0 Å². The van der Waals surface area contributed by atoms with E-state index in [9.17, 15) is 0 Å². The molecule has 1 saturated carbocycles. The van der Waals surface area contributed by atoms with Crippen molar-refractivity contribution in [2.75, 3.05) is 6.26 Å². The van der Waals surface area contributed by atoms with Gasteiger partial charge >= 0.3 is 0 Å². The average molecular weight is 331 g/mol. The quantitative estimate of drug-likeness (QED) is 0.537. The molecule has 0 saturated heterocycles. The zero-order chi connectivity index (χ0) is 16.8. The van der Waals surface area contributed by atoms with Crippen LogP contribution in [-0.4, -0.2) is 6.26 Å². The summed E-state index contributed by atoms with van der Waals surface area (Å²) in [6.45, 7) is 14.3. The standard InChI is InChI=1S/C22H34S/c1-15(2)17-8-10-19-18(14-17)9-11-20-21(4,16(3)23-6)12-7-13-22(19,20)5/h9,14-15,19-20H,3,7-8,10-13H2,1-2,4-6H3. The van der Waals surface area contributed by atoms with Crippen LogP contribution in [0.5, 0.6) is 0 Å². The molecule has 0 bridgehead atoms. The molecule has 0 aromatic rings. The number of rotatable bonds is 3. The molecule has 1 fully saturated rings. The van der Waals surface area contributed by atoms with Gasteiger partial charge in [-0.05, 0) is 72.0 Å². The van der Waals surface area contributed by atoms with Crippen LogP contribution in [0.2, 0.25) is 0 Å². The third kappa shape index (κ3) is 2.68. The van der Waals surface area contributed by atoms with Gasteiger partial charge in [0.25, 0.3) is 0 Å². The number of allylic oxidation sites excluding steroid dienone is 5. The molecule has 0 spiro atoms. The van der Waals surface area contributed by atoms with E-state index in [0.29, 0.717) is 16.7 Å². The van der Waals surface area contributed by atoms with Crippen LogP contribution in [0, 0.1) is 28.6 Å². The minimum atomic E-state index is 0.316. The molecule has 3 rings (SSSR count). The van der Waals surface area contributed by atoms with Gasteiger partial charge in [0.2, 0.25) is 0 Å². The molecule has 3 aliphatic carbocycles. The van der Waals surface area contributed by atoms with E-state index < -0.39 is 0 Å². The summed E-state index contributed by atoms with van der Waals surface area (Å²) in [7, 11) is 0. The fourth-order valence-corrected chi connectivity index (χ4v) is 6.62. The number of fused-ring (bicyclic) bond motifs is 3. The third-order valence-corrected chi connectivity index (χ3v) is 8.42. The summed E-state index contributed by atoms with van der Waals surface area (Å²) in [5.74, 6) is 2.25. The van der Waals surface area contributed by atoms with E-state index in [0.717, 1.165) is 11.8 Å². The molecule has 128 valence electrons. The van der Waals surface area contributed by atoms with Crippen molar-refractivity contribution in [1.29, 1.82) is 0 Å². The molecule has 0 N–H and O–H groups in total. The van der Waals surface area contributed by atoms with Gasteiger partial charge < -0.3 is 0 Å². The normalized spacial score (nSPS) is 40.1. The molecular weight excluding hydrogens is 296 g/mol. The first kappa shape index (κ1) is 17.4. The Morgan fingerprint density at radius 1 is 1.30 bits per heavy atom. The summed E-state index contributed by atoms with van der Waals surface area (Å²) < 4.78 is 0. The maximum absolute atomic E-state index is 4.46. The second kappa shape index (κ2) is 6.14. The summed E-state index contributed by atoms with van der Waals surface area (Å²) in [6, 6.07) is 0. The first-order valence-corrected chi connectivity index (χ1v) is 10.7. The Hall–Kier alpha value is -0.430. The summed E-state index contributed by atoms with van der Waals surface area (Å²) in [5.41, 5.74) is 4.12. The van der Waals surface area contributed by atoms with Gasteiger partial charge in [0.15, 0.2) is 0 Å². The van der Waals surface area contributed by atoms with Gasteiger partial charge in [0.05, 0.1) is 0 Å². The van der Waals surface area contributed by atoms with Gasteiger partial charge in [0, 0.05) is 5.41 Å². The van der Waals surface area contributed by atoms with Crippen LogP contribution in [0.15, 0.2) is 34.8 Å². The fraction of sp³-hybridized carbons (Fsp3) is 0.727. The van der Waals surface area contributed by atoms with E-state index in [4.69, 9.17) is 0 Å². The highest BCUT2D eigenvalue weighted by Crippen LogP contribution is 2.64. The molecule has 3 aliphatic rings. The maximum Gasteiger partial charge on any atom is 0.00151 e. The minimum Gasteiger partial charge on any atom is -0.134 e. The summed E-state index contributed by atoms with van der Waals surface area (Å²) in [5, 5.41) is 0. The monoisotopic (exact) mass is 330 g/mol. The Kier molecular flexibility index (Phi) is 4.64. The largest absolute Gasteiger partial charge is 0.134 e. The average Bonchev–Trinajstić information content (AvgIpc) is 2.53. The van der Waals surface area contributed by atoms with Gasteiger partial charge in [-0.25, -0.2) is 0 Å². The first-order valence-electron chi connectivity index (χ1n) is 9.47. The van der Waals surface area contributed by atoms with Gasteiger partial charge in [-0.2, -0.15) is 0 Å². The van der Waals surface area contributed by atoms with Crippen molar-refractivity contribution in [2.45, 2.75) is 66.2 Å². The van der Waals surface area contributed by atoms with Gasteiger partial charge in [-0.1, -0.05) is 58.4 Å². The van der Waals surface area contributed by atoms with E-state index >= 15 is 0 Å². The molecular formula is C22H34S. The molecule has 0 aromatic heterocycles. The molecule has 0 nitrogen and oxygen atoms in total. The van der Waals surface area contributed by atoms with Crippen molar-refractivity contribution in [3.63, 3.8) is 0 Å². The van der Waals surface area contributed by atoms with E-state index in [-0.39, 0.29) is 0 Å². The Morgan fingerprint density at radius 3 is 2.70 bits per heavy atom. The van der Waals surface area contributed by atoms with Crippen molar-refractivity contribution in [3.8, 4) is 0 Å². The van der Waals surface area contributed by atoms with Gasteiger partial charge in [0.1, 0.15) is 0 Å². The lowest BCUT2D eigenvalue weighted by Gasteiger charge is -2.59. The molecule has 1 heteroatoms. The highest BCUT2D eigenvalue weighted by Gasteiger charge is 2.54. The summed E-state index contributed by atoms with van der Waals surface area (Å²) >= 11 is 1.89. The first-order chi connectivity index (χ1) is 10.8. The van der Waals surface area contributed by atoms with Crippen LogP contribution in [-0.2, 0) is 0 Å².